The van der Waals surface area contributed by atoms with Gasteiger partial charge in [-0.2, -0.15) is 5.10 Å². The maximum Gasteiger partial charge on any atom is 0.410 e. The van der Waals surface area contributed by atoms with E-state index < -0.39 is 5.60 Å². The molecule has 0 fully saturated rings. The number of aromatic nitrogens is 2. The summed E-state index contributed by atoms with van der Waals surface area (Å²) in [6.45, 7) is 14.9. The minimum Gasteiger partial charge on any atom is -0.444 e. The molecule has 1 unspecified atom stereocenters. The number of carbonyl (C=O) groups is 1. The average molecular weight is 475 g/mol. The van der Waals surface area contributed by atoms with E-state index in [1.54, 1.807) is 11.9 Å². The molecule has 1 amide bonds. The lowest BCUT2D eigenvalue weighted by molar-refractivity contribution is 0.0286. The molecule has 0 radical (unpaired) electrons. The molecular weight excluding hydrogens is 428 g/mol. The van der Waals surface area contributed by atoms with Gasteiger partial charge < -0.3 is 14.4 Å². The van der Waals surface area contributed by atoms with Crippen molar-refractivity contribution in [3.8, 4) is 0 Å². The second-order valence-corrected chi connectivity index (χ2v) is 11.2. The van der Waals surface area contributed by atoms with Crippen LogP contribution in [0.5, 0.6) is 0 Å². The normalized spacial score (nSPS) is 20.4. The van der Waals surface area contributed by atoms with Crippen LogP contribution in [0.1, 0.15) is 83.7 Å². The summed E-state index contributed by atoms with van der Waals surface area (Å²) in [5.41, 5.74) is 5.25. The summed E-state index contributed by atoms with van der Waals surface area (Å²) in [6.07, 6.45) is 9.01. The van der Waals surface area contributed by atoms with Gasteiger partial charge in [-0.3, -0.25) is 9.58 Å². The Morgan fingerprint density at radius 1 is 1.21 bits per heavy atom. The Morgan fingerprint density at radius 2 is 1.97 bits per heavy atom. The van der Waals surface area contributed by atoms with Gasteiger partial charge in [-0.15, -0.1) is 0 Å². The summed E-state index contributed by atoms with van der Waals surface area (Å²) in [5.74, 6) is 0. The fraction of sp³-hybridized carbons (Fsp3) is 0.778. The quantitative estimate of drug-likeness (QED) is 0.471. The molecule has 7 nitrogen and oxygen atoms in total. The van der Waals surface area contributed by atoms with Crippen molar-refractivity contribution < 1.29 is 14.3 Å². The van der Waals surface area contributed by atoms with Gasteiger partial charge >= 0.3 is 6.09 Å². The van der Waals surface area contributed by atoms with Crippen molar-refractivity contribution in [3.05, 3.63) is 23.0 Å². The van der Waals surface area contributed by atoms with E-state index in [2.05, 4.69) is 36.6 Å². The highest BCUT2D eigenvalue weighted by Gasteiger charge is 2.33. The Hall–Kier alpha value is -1.86. The lowest BCUT2D eigenvalue weighted by Gasteiger charge is -2.35. The third kappa shape index (κ3) is 6.63. The Morgan fingerprint density at radius 3 is 2.59 bits per heavy atom. The number of allylic oxidation sites excluding steroid dienone is 2. The first-order chi connectivity index (χ1) is 16.1. The van der Waals surface area contributed by atoms with Crippen LogP contribution in [0.15, 0.2) is 6.08 Å². The van der Waals surface area contributed by atoms with Gasteiger partial charge in [-0.05, 0) is 84.3 Å². The van der Waals surface area contributed by atoms with Crippen molar-refractivity contribution in [1.82, 2.24) is 19.6 Å². The van der Waals surface area contributed by atoms with Crippen molar-refractivity contribution in [2.75, 3.05) is 40.4 Å². The molecule has 2 heterocycles. The summed E-state index contributed by atoms with van der Waals surface area (Å²) >= 11 is 0. The Labute approximate surface area is 206 Å². The summed E-state index contributed by atoms with van der Waals surface area (Å²) < 4.78 is 13.6. The van der Waals surface area contributed by atoms with E-state index in [0.29, 0.717) is 6.54 Å². The SMILES string of the molecule is CCOCC1(CC)CC=C(c2c(CN(C)CCN(C)C(=O)OC(C)(C)C)nn3c2CCC3)CC1. The summed E-state index contributed by atoms with van der Waals surface area (Å²) in [5, 5.41) is 5.03. The van der Waals surface area contributed by atoms with E-state index in [0.717, 1.165) is 58.5 Å². The zero-order valence-corrected chi connectivity index (χ0v) is 22.6. The molecule has 0 bridgehead atoms. The highest BCUT2D eigenvalue weighted by molar-refractivity contribution is 5.70. The molecule has 1 atom stereocenters. The number of rotatable bonds is 10. The molecule has 7 heteroatoms. The van der Waals surface area contributed by atoms with E-state index in [4.69, 9.17) is 14.6 Å². The molecule has 0 saturated heterocycles. The zero-order chi connectivity index (χ0) is 24.9. The molecule has 0 N–H and O–H groups in total. The number of carbonyl (C=O) groups excluding carboxylic acids is 1. The van der Waals surface area contributed by atoms with E-state index in [1.165, 1.54) is 35.4 Å². The molecule has 2 aliphatic rings. The standard InChI is InChI=1S/C27H46N4O3/c1-8-27(20-33-9-2)14-12-21(13-15-27)24-22(28-31-16-10-11-23(24)31)19-29(6)17-18-30(7)25(32)34-26(3,4)5/h12H,8-11,13-20H2,1-7H3. The van der Waals surface area contributed by atoms with Crippen LogP contribution in [-0.4, -0.2) is 71.7 Å². The molecule has 1 aliphatic heterocycles. The predicted octanol–water partition coefficient (Wildman–Crippen LogP) is 5.13. The largest absolute Gasteiger partial charge is 0.444 e. The molecule has 0 aromatic carbocycles. The van der Waals surface area contributed by atoms with Crippen molar-refractivity contribution in [2.45, 2.75) is 91.8 Å². The van der Waals surface area contributed by atoms with Crippen molar-refractivity contribution in [1.29, 1.82) is 0 Å². The van der Waals surface area contributed by atoms with Crippen LogP contribution in [0.3, 0.4) is 0 Å². The lowest BCUT2D eigenvalue weighted by Crippen LogP contribution is -2.38. The molecule has 1 aliphatic carbocycles. The third-order valence-electron chi connectivity index (χ3n) is 7.25. The van der Waals surface area contributed by atoms with E-state index >= 15 is 0 Å². The van der Waals surface area contributed by atoms with E-state index in [9.17, 15) is 4.79 Å². The number of aryl methyl sites for hydroxylation is 1. The van der Waals surface area contributed by atoms with Gasteiger partial charge in [0.25, 0.3) is 0 Å². The van der Waals surface area contributed by atoms with Gasteiger partial charge in [0, 0.05) is 51.1 Å². The number of amides is 1. The van der Waals surface area contributed by atoms with E-state index in [1.807, 2.05) is 20.8 Å². The first-order valence-corrected chi connectivity index (χ1v) is 13.1. The van der Waals surface area contributed by atoms with Gasteiger partial charge in [0.1, 0.15) is 5.60 Å². The molecular formula is C27H46N4O3. The minimum atomic E-state index is -0.477. The van der Waals surface area contributed by atoms with Gasteiger partial charge in [0.05, 0.1) is 12.3 Å². The number of nitrogens with zero attached hydrogens (tertiary/aromatic N) is 4. The van der Waals surface area contributed by atoms with Crippen LogP contribution in [0, 0.1) is 5.41 Å². The monoisotopic (exact) mass is 474 g/mol. The Balaban J connectivity index is 1.68. The van der Waals surface area contributed by atoms with Crippen LogP contribution >= 0.6 is 0 Å². The smallest absolute Gasteiger partial charge is 0.410 e. The van der Waals surface area contributed by atoms with E-state index in [-0.39, 0.29) is 11.5 Å². The fourth-order valence-corrected chi connectivity index (χ4v) is 5.00. The Kier molecular flexibility index (Phi) is 8.85. The number of fused-ring (bicyclic) bond motifs is 1. The topological polar surface area (TPSA) is 59.8 Å². The third-order valence-corrected chi connectivity index (χ3v) is 7.25. The van der Waals surface area contributed by atoms with Crippen LogP contribution in [-0.2, 0) is 29.0 Å². The molecule has 3 rings (SSSR count). The lowest BCUT2D eigenvalue weighted by atomic mass is 9.72. The van der Waals surface area contributed by atoms with Gasteiger partial charge in [-0.25, -0.2) is 4.79 Å². The first kappa shape index (κ1) is 26.7. The van der Waals surface area contributed by atoms with Crippen molar-refractivity contribution >= 4 is 11.7 Å². The van der Waals surface area contributed by atoms with Gasteiger partial charge in [-0.1, -0.05) is 13.0 Å². The number of hydrogen-bond donors (Lipinski definition) is 0. The van der Waals surface area contributed by atoms with Crippen LogP contribution in [0.25, 0.3) is 5.57 Å². The first-order valence-electron chi connectivity index (χ1n) is 13.1. The van der Waals surface area contributed by atoms with Crippen LogP contribution in [0.2, 0.25) is 0 Å². The number of likely N-dealkylation sites (N-methyl/N-ethyl adjacent to an activating group) is 2. The van der Waals surface area contributed by atoms with Crippen LogP contribution in [0.4, 0.5) is 4.79 Å². The molecule has 0 saturated carbocycles. The van der Waals surface area contributed by atoms with Gasteiger partial charge in [0.15, 0.2) is 0 Å². The maximum absolute atomic E-state index is 12.3. The molecule has 34 heavy (non-hydrogen) atoms. The second kappa shape index (κ2) is 11.3. The fourth-order valence-electron chi connectivity index (χ4n) is 5.00. The summed E-state index contributed by atoms with van der Waals surface area (Å²) in [6, 6.07) is 0. The predicted molar refractivity (Wildman–Crippen MR) is 137 cm³/mol. The average Bonchev–Trinajstić information content (AvgIpc) is 3.36. The summed E-state index contributed by atoms with van der Waals surface area (Å²) in [7, 11) is 3.91. The number of hydrogen-bond acceptors (Lipinski definition) is 5. The van der Waals surface area contributed by atoms with Crippen molar-refractivity contribution in [2.24, 2.45) is 5.41 Å². The molecule has 192 valence electrons. The Bertz CT molecular complexity index is 870. The minimum absolute atomic E-state index is 0.277. The molecule has 0 spiro atoms. The van der Waals surface area contributed by atoms with Crippen molar-refractivity contribution in [3.63, 3.8) is 0 Å². The van der Waals surface area contributed by atoms with Crippen LogP contribution < -0.4 is 0 Å². The molecule has 1 aromatic heterocycles. The highest BCUT2D eigenvalue weighted by Crippen LogP contribution is 2.43. The highest BCUT2D eigenvalue weighted by atomic mass is 16.6. The summed E-state index contributed by atoms with van der Waals surface area (Å²) in [4.78, 5) is 16.2. The molecule has 1 aromatic rings. The maximum atomic E-state index is 12.3. The van der Waals surface area contributed by atoms with Gasteiger partial charge in [0.2, 0.25) is 0 Å². The second-order valence-electron chi connectivity index (χ2n) is 11.2. The zero-order valence-electron chi connectivity index (χ0n) is 22.6. The number of ether oxygens (including phenoxy) is 2.